The number of ether oxygens (including phenoxy) is 2. The van der Waals surface area contributed by atoms with Gasteiger partial charge in [-0.15, -0.1) is 0 Å². The molecule has 3 nitrogen and oxygen atoms in total. The highest BCUT2D eigenvalue weighted by Gasteiger charge is 2.36. The number of rotatable bonds is 7. The topological polar surface area (TPSA) is 38.7 Å². The molecule has 1 fully saturated rings. The minimum absolute atomic E-state index is 0.0150. The minimum Gasteiger partial charge on any atom is -0.388 e. The molecule has 1 aliphatic rings. The van der Waals surface area contributed by atoms with Crippen LogP contribution in [0.25, 0.3) is 0 Å². The fourth-order valence-corrected chi connectivity index (χ4v) is 1.56. The van der Waals surface area contributed by atoms with E-state index in [0.717, 1.165) is 0 Å². The van der Waals surface area contributed by atoms with E-state index in [0.29, 0.717) is 19.1 Å². The van der Waals surface area contributed by atoms with Crippen LogP contribution < -0.4 is 0 Å². The Balaban J connectivity index is 2.26. The summed E-state index contributed by atoms with van der Waals surface area (Å²) in [6.07, 6.45) is 2.06. The fourth-order valence-electron chi connectivity index (χ4n) is 1.56. The summed E-state index contributed by atoms with van der Waals surface area (Å²) < 4.78 is 10.9. The van der Waals surface area contributed by atoms with Gasteiger partial charge in [0.2, 0.25) is 0 Å². The first kappa shape index (κ1) is 12.0. The molecule has 0 amide bonds. The normalized spacial score (nSPS) is 21.2. The van der Waals surface area contributed by atoms with E-state index in [1.807, 2.05) is 20.8 Å². The van der Waals surface area contributed by atoms with Gasteiger partial charge < -0.3 is 14.6 Å². The third-order valence-electron chi connectivity index (χ3n) is 2.43. The molecule has 1 aliphatic carbocycles. The fraction of sp³-hybridized carbons (Fsp3) is 1.00. The SMILES string of the molecule is CCOC(C(O)COC(C)C)C1CC1. The van der Waals surface area contributed by atoms with Crippen molar-refractivity contribution in [1.29, 1.82) is 0 Å². The highest BCUT2D eigenvalue weighted by atomic mass is 16.5. The van der Waals surface area contributed by atoms with Crippen molar-refractivity contribution >= 4 is 0 Å². The molecule has 2 atom stereocenters. The summed E-state index contributed by atoms with van der Waals surface area (Å²) in [6.45, 7) is 6.96. The van der Waals surface area contributed by atoms with Gasteiger partial charge in [0.25, 0.3) is 0 Å². The molecule has 0 aromatic heterocycles. The van der Waals surface area contributed by atoms with Gasteiger partial charge in [-0.3, -0.25) is 0 Å². The quantitative estimate of drug-likeness (QED) is 0.681. The molecular formula is C11H22O3. The van der Waals surface area contributed by atoms with E-state index < -0.39 is 6.10 Å². The Bertz CT molecular complexity index is 155. The summed E-state index contributed by atoms with van der Waals surface area (Å²) in [5.74, 6) is 0.556. The van der Waals surface area contributed by atoms with Gasteiger partial charge in [-0.2, -0.15) is 0 Å². The third kappa shape index (κ3) is 3.95. The van der Waals surface area contributed by atoms with Crippen LogP contribution in [0.3, 0.4) is 0 Å². The molecule has 1 rings (SSSR count). The smallest absolute Gasteiger partial charge is 0.104 e. The van der Waals surface area contributed by atoms with Crippen molar-refractivity contribution < 1.29 is 14.6 Å². The Labute approximate surface area is 86.4 Å². The predicted octanol–water partition coefficient (Wildman–Crippen LogP) is 1.59. The number of aliphatic hydroxyl groups is 1. The molecule has 0 saturated heterocycles. The van der Waals surface area contributed by atoms with E-state index in [4.69, 9.17) is 9.47 Å². The largest absolute Gasteiger partial charge is 0.388 e. The summed E-state index contributed by atoms with van der Waals surface area (Å²) in [7, 11) is 0. The first-order valence-electron chi connectivity index (χ1n) is 5.56. The zero-order chi connectivity index (χ0) is 10.6. The lowest BCUT2D eigenvalue weighted by atomic mass is 10.1. The van der Waals surface area contributed by atoms with Gasteiger partial charge in [-0.05, 0) is 39.5 Å². The Morgan fingerprint density at radius 2 is 1.93 bits per heavy atom. The van der Waals surface area contributed by atoms with Crippen molar-refractivity contribution in [3.8, 4) is 0 Å². The van der Waals surface area contributed by atoms with Crippen molar-refractivity contribution in [2.24, 2.45) is 5.92 Å². The van der Waals surface area contributed by atoms with Crippen molar-refractivity contribution in [2.75, 3.05) is 13.2 Å². The summed E-state index contributed by atoms with van der Waals surface area (Å²) in [5, 5.41) is 9.85. The zero-order valence-corrected chi connectivity index (χ0v) is 9.40. The molecule has 0 aliphatic heterocycles. The molecule has 0 aromatic rings. The van der Waals surface area contributed by atoms with E-state index in [1.165, 1.54) is 12.8 Å². The predicted molar refractivity (Wildman–Crippen MR) is 55.2 cm³/mol. The first-order valence-corrected chi connectivity index (χ1v) is 5.56. The monoisotopic (exact) mass is 202 g/mol. The maximum absolute atomic E-state index is 9.85. The second kappa shape index (κ2) is 5.69. The molecule has 0 spiro atoms. The Morgan fingerprint density at radius 3 is 2.36 bits per heavy atom. The van der Waals surface area contributed by atoms with Crippen molar-refractivity contribution in [1.82, 2.24) is 0 Å². The van der Waals surface area contributed by atoms with Crippen LogP contribution in [0.5, 0.6) is 0 Å². The summed E-state index contributed by atoms with van der Waals surface area (Å²) in [6, 6.07) is 0. The Kier molecular flexibility index (Phi) is 4.85. The van der Waals surface area contributed by atoms with Crippen molar-refractivity contribution in [3.63, 3.8) is 0 Å². The molecule has 0 radical (unpaired) electrons. The standard InChI is InChI=1S/C11H22O3/c1-4-13-11(9-5-6-9)10(12)7-14-8(2)3/h8-12H,4-7H2,1-3H3. The van der Waals surface area contributed by atoms with Crippen LogP contribution in [0.2, 0.25) is 0 Å². The average Bonchev–Trinajstić information content (AvgIpc) is 2.93. The van der Waals surface area contributed by atoms with Crippen LogP contribution in [0.4, 0.5) is 0 Å². The van der Waals surface area contributed by atoms with Crippen LogP contribution in [-0.2, 0) is 9.47 Å². The molecule has 0 bridgehead atoms. The van der Waals surface area contributed by atoms with Crippen molar-refractivity contribution in [2.45, 2.75) is 51.9 Å². The van der Waals surface area contributed by atoms with Crippen LogP contribution >= 0.6 is 0 Å². The Hall–Kier alpha value is -0.120. The number of hydrogen-bond donors (Lipinski definition) is 1. The lowest BCUT2D eigenvalue weighted by molar-refractivity contribution is -0.0869. The second-order valence-corrected chi connectivity index (χ2v) is 4.21. The van der Waals surface area contributed by atoms with Crippen LogP contribution in [0, 0.1) is 5.92 Å². The van der Waals surface area contributed by atoms with Gasteiger partial charge in [-0.25, -0.2) is 0 Å². The molecule has 3 heteroatoms. The summed E-state index contributed by atoms with van der Waals surface area (Å²) in [5.41, 5.74) is 0. The van der Waals surface area contributed by atoms with Gasteiger partial charge >= 0.3 is 0 Å². The van der Waals surface area contributed by atoms with Crippen molar-refractivity contribution in [3.05, 3.63) is 0 Å². The molecule has 0 aromatic carbocycles. The average molecular weight is 202 g/mol. The molecule has 84 valence electrons. The lowest BCUT2D eigenvalue weighted by Crippen LogP contribution is -2.35. The zero-order valence-electron chi connectivity index (χ0n) is 9.40. The third-order valence-corrected chi connectivity index (χ3v) is 2.43. The van der Waals surface area contributed by atoms with E-state index in [-0.39, 0.29) is 12.2 Å². The molecule has 14 heavy (non-hydrogen) atoms. The van der Waals surface area contributed by atoms with Gasteiger partial charge in [-0.1, -0.05) is 0 Å². The first-order chi connectivity index (χ1) is 6.65. The van der Waals surface area contributed by atoms with Gasteiger partial charge in [0.05, 0.1) is 18.8 Å². The highest BCUT2D eigenvalue weighted by Crippen LogP contribution is 2.35. The molecule has 0 heterocycles. The van der Waals surface area contributed by atoms with Crippen LogP contribution in [-0.4, -0.2) is 36.6 Å². The molecule has 1 saturated carbocycles. The number of hydrogen-bond acceptors (Lipinski definition) is 3. The summed E-state index contributed by atoms with van der Waals surface area (Å²) >= 11 is 0. The van der Waals surface area contributed by atoms with E-state index in [2.05, 4.69) is 0 Å². The number of aliphatic hydroxyl groups excluding tert-OH is 1. The van der Waals surface area contributed by atoms with Crippen LogP contribution in [0.15, 0.2) is 0 Å². The molecule has 1 N–H and O–H groups in total. The van der Waals surface area contributed by atoms with Gasteiger partial charge in [0.1, 0.15) is 6.10 Å². The summed E-state index contributed by atoms with van der Waals surface area (Å²) in [4.78, 5) is 0. The van der Waals surface area contributed by atoms with Crippen LogP contribution in [0.1, 0.15) is 33.6 Å². The lowest BCUT2D eigenvalue weighted by Gasteiger charge is -2.23. The van der Waals surface area contributed by atoms with Gasteiger partial charge in [0, 0.05) is 6.61 Å². The highest BCUT2D eigenvalue weighted by molar-refractivity contribution is 4.86. The van der Waals surface area contributed by atoms with E-state index in [9.17, 15) is 5.11 Å². The molecule has 2 unspecified atom stereocenters. The van der Waals surface area contributed by atoms with E-state index in [1.54, 1.807) is 0 Å². The Morgan fingerprint density at radius 1 is 1.29 bits per heavy atom. The van der Waals surface area contributed by atoms with E-state index >= 15 is 0 Å². The maximum Gasteiger partial charge on any atom is 0.104 e. The molecular weight excluding hydrogens is 180 g/mol. The maximum atomic E-state index is 9.85. The second-order valence-electron chi connectivity index (χ2n) is 4.21. The van der Waals surface area contributed by atoms with Gasteiger partial charge in [0.15, 0.2) is 0 Å². The minimum atomic E-state index is -0.468.